The van der Waals surface area contributed by atoms with Gasteiger partial charge >= 0.3 is 17.9 Å². The van der Waals surface area contributed by atoms with Crippen molar-refractivity contribution in [2.45, 2.75) is 155 Å². The van der Waals surface area contributed by atoms with Crippen LogP contribution in [-0.2, 0) is 28.6 Å². The van der Waals surface area contributed by atoms with Crippen molar-refractivity contribution in [3.05, 3.63) is 122 Å². The number of allylic oxidation sites excluding steroid dienone is 20. The van der Waals surface area contributed by atoms with Crippen molar-refractivity contribution < 1.29 is 28.6 Å². The van der Waals surface area contributed by atoms with Gasteiger partial charge in [0.05, 0.1) is 0 Å². The van der Waals surface area contributed by atoms with Gasteiger partial charge in [0, 0.05) is 19.3 Å². The molecule has 306 valence electrons. The summed E-state index contributed by atoms with van der Waals surface area (Å²) >= 11 is 0. The van der Waals surface area contributed by atoms with Crippen molar-refractivity contribution >= 4 is 17.9 Å². The number of rotatable bonds is 35. The summed E-state index contributed by atoms with van der Waals surface area (Å²) in [6.07, 6.45) is 58.3. The van der Waals surface area contributed by atoms with Crippen molar-refractivity contribution in [2.24, 2.45) is 0 Å². The lowest BCUT2D eigenvalue weighted by Crippen LogP contribution is -2.30. The van der Waals surface area contributed by atoms with Crippen LogP contribution in [0.25, 0.3) is 0 Å². The molecule has 6 nitrogen and oxygen atoms in total. The number of hydrogen-bond donors (Lipinski definition) is 0. The number of carbonyl (C=O) groups is 3. The van der Waals surface area contributed by atoms with Gasteiger partial charge in [0.1, 0.15) is 13.2 Å². The summed E-state index contributed by atoms with van der Waals surface area (Å²) in [6.45, 7) is 6.09. The van der Waals surface area contributed by atoms with Crippen LogP contribution in [0.15, 0.2) is 122 Å². The maximum absolute atomic E-state index is 12.4. The van der Waals surface area contributed by atoms with E-state index in [1.54, 1.807) is 0 Å². The van der Waals surface area contributed by atoms with E-state index in [9.17, 15) is 14.4 Å². The second-order valence-electron chi connectivity index (χ2n) is 13.1. The van der Waals surface area contributed by atoms with Gasteiger partial charge in [-0.05, 0) is 96.3 Å². The molecule has 0 aromatic carbocycles. The van der Waals surface area contributed by atoms with Crippen LogP contribution in [0, 0.1) is 0 Å². The quantitative estimate of drug-likeness (QED) is 0.0277. The number of ether oxygens (including phenoxy) is 3. The molecule has 0 spiro atoms. The van der Waals surface area contributed by atoms with Crippen LogP contribution in [0.3, 0.4) is 0 Å². The third-order valence-electron chi connectivity index (χ3n) is 7.96. The molecule has 0 bridgehead atoms. The van der Waals surface area contributed by atoms with Crippen LogP contribution in [0.4, 0.5) is 0 Å². The molecule has 0 aromatic rings. The minimum Gasteiger partial charge on any atom is -0.462 e. The fourth-order valence-corrected chi connectivity index (χ4v) is 4.86. The van der Waals surface area contributed by atoms with E-state index >= 15 is 0 Å². The first-order valence-electron chi connectivity index (χ1n) is 21.0. The molecule has 0 N–H and O–H groups in total. The molecule has 0 fully saturated rings. The Morgan fingerprint density at radius 2 is 0.691 bits per heavy atom. The average molecular weight is 759 g/mol. The van der Waals surface area contributed by atoms with Crippen LogP contribution in [0.2, 0.25) is 0 Å². The summed E-state index contributed by atoms with van der Waals surface area (Å²) in [7, 11) is 0. The molecule has 0 saturated carbocycles. The SMILES string of the molecule is CC/C=C\C/C=C\C/C=C\C/C=C\C/C=C\CCCC(=O)OCC(COC(=O)CCC/C=C\C/C=C\C/C=C\C/C=C\C/C=C\CC)OC(=O)CCCCC. The van der Waals surface area contributed by atoms with Crippen molar-refractivity contribution in [1.82, 2.24) is 0 Å². The van der Waals surface area contributed by atoms with Gasteiger partial charge in [-0.1, -0.05) is 155 Å². The molecule has 0 aliphatic carbocycles. The molecular formula is C49H74O6. The zero-order valence-corrected chi connectivity index (χ0v) is 34.6. The highest BCUT2D eigenvalue weighted by molar-refractivity contribution is 5.71. The Balaban J connectivity index is 4.31. The van der Waals surface area contributed by atoms with Gasteiger partial charge in [0.25, 0.3) is 0 Å². The van der Waals surface area contributed by atoms with Crippen LogP contribution >= 0.6 is 0 Å². The number of carbonyl (C=O) groups excluding carboxylic acids is 3. The van der Waals surface area contributed by atoms with Crippen molar-refractivity contribution in [2.75, 3.05) is 13.2 Å². The van der Waals surface area contributed by atoms with Crippen molar-refractivity contribution in [1.29, 1.82) is 0 Å². The summed E-state index contributed by atoms with van der Waals surface area (Å²) in [4.78, 5) is 37.1. The molecule has 55 heavy (non-hydrogen) atoms. The molecule has 0 rings (SSSR count). The summed E-state index contributed by atoms with van der Waals surface area (Å²) in [5, 5.41) is 0. The topological polar surface area (TPSA) is 78.9 Å². The first-order valence-corrected chi connectivity index (χ1v) is 21.0. The molecule has 0 aliphatic heterocycles. The average Bonchev–Trinajstić information content (AvgIpc) is 3.18. The molecule has 0 radical (unpaired) electrons. The summed E-state index contributed by atoms with van der Waals surface area (Å²) in [5.74, 6) is -1.09. The number of esters is 3. The minimum absolute atomic E-state index is 0.132. The molecule has 0 aliphatic rings. The molecule has 0 atom stereocenters. The third-order valence-corrected chi connectivity index (χ3v) is 7.96. The fraction of sp³-hybridized carbons (Fsp3) is 0.531. The third kappa shape index (κ3) is 40.8. The normalized spacial score (nSPS) is 12.8. The first-order chi connectivity index (χ1) is 27.0. The highest BCUT2D eigenvalue weighted by atomic mass is 16.6. The highest BCUT2D eigenvalue weighted by Crippen LogP contribution is 2.08. The van der Waals surface area contributed by atoms with E-state index in [0.29, 0.717) is 12.8 Å². The first kappa shape index (κ1) is 50.8. The molecule has 0 saturated heterocycles. The van der Waals surface area contributed by atoms with Gasteiger partial charge in [-0.15, -0.1) is 0 Å². The zero-order valence-electron chi connectivity index (χ0n) is 34.6. The van der Waals surface area contributed by atoms with Gasteiger partial charge in [-0.2, -0.15) is 0 Å². The molecule has 0 unspecified atom stereocenters. The van der Waals surface area contributed by atoms with Crippen LogP contribution < -0.4 is 0 Å². The van der Waals surface area contributed by atoms with E-state index in [1.807, 2.05) is 0 Å². The van der Waals surface area contributed by atoms with Gasteiger partial charge in [0.15, 0.2) is 6.10 Å². The lowest BCUT2D eigenvalue weighted by atomic mass is 10.2. The Hall–Kier alpha value is -4.19. The van der Waals surface area contributed by atoms with E-state index in [0.717, 1.165) is 96.3 Å². The van der Waals surface area contributed by atoms with Gasteiger partial charge in [-0.3, -0.25) is 14.4 Å². The van der Waals surface area contributed by atoms with Crippen LogP contribution in [0.1, 0.15) is 149 Å². The molecule has 0 aromatic heterocycles. The maximum Gasteiger partial charge on any atom is 0.306 e. The monoisotopic (exact) mass is 759 g/mol. The van der Waals surface area contributed by atoms with Crippen molar-refractivity contribution in [3.63, 3.8) is 0 Å². The van der Waals surface area contributed by atoms with E-state index < -0.39 is 6.10 Å². The van der Waals surface area contributed by atoms with E-state index in [2.05, 4.69) is 142 Å². The fourth-order valence-electron chi connectivity index (χ4n) is 4.86. The Kier molecular flexibility index (Phi) is 39.3. The predicted molar refractivity (Wildman–Crippen MR) is 233 cm³/mol. The lowest BCUT2D eigenvalue weighted by Gasteiger charge is -2.18. The zero-order chi connectivity index (χ0) is 40.1. The number of unbranched alkanes of at least 4 members (excludes halogenated alkanes) is 4. The van der Waals surface area contributed by atoms with Crippen LogP contribution in [0.5, 0.6) is 0 Å². The predicted octanol–water partition coefficient (Wildman–Crippen LogP) is 13.4. The largest absolute Gasteiger partial charge is 0.462 e. The van der Waals surface area contributed by atoms with Gasteiger partial charge in [0.2, 0.25) is 0 Å². The molecule has 6 heteroatoms. The summed E-state index contributed by atoms with van der Waals surface area (Å²) < 4.78 is 16.3. The maximum atomic E-state index is 12.4. The van der Waals surface area contributed by atoms with Crippen molar-refractivity contribution in [3.8, 4) is 0 Å². The van der Waals surface area contributed by atoms with E-state index in [4.69, 9.17) is 14.2 Å². The smallest absolute Gasteiger partial charge is 0.306 e. The number of hydrogen-bond acceptors (Lipinski definition) is 6. The Labute approximate surface area is 335 Å². The Morgan fingerprint density at radius 3 is 1.02 bits per heavy atom. The van der Waals surface area contributed by atoms with Crippen LogP contribution in [-0.4, -0.2) is 37.2 Å². The second kappa shape index (κ2) is 42.6. The van der Waals surface area contributed by atoms with E-state index in [1.165, 1.54) is 0 Å². The second-order valence-corrected chi connectivity index (χ2v) is 13.1. The molecule has 0 amide bonds. The Morgan fingerprint density at radius 1 is 0.382 bits per heavy atom. The highest BCUT2D eigenvalue weighted by Gasteiger charge is 2.19. The molecule has 0 heterocycles. The van der Waals surface area contributed by atoms with Gasteiger partial charge < -0.3 is 14.2 Å². The summed E-state index contributed by atoms with van der Waals surface area (Å²) in [5.41, 5.74) is 0. The Bertz CT molecular complexity index is 1160. The molecular weight excluding hydrogens is 685 g/mol. The lowest BCUT2D eigenvalue weighted by molar-refractivity contribution is -0.167. The minimum atomic E-state index is -0.820. The summed E-state index contributed by atoms with van der Waals surface area (Å²) in [6, 6.07) is 0. The standard InChI is InChI=1S/C49H74O6/c1-4-7-10-12-14-16-18-20-22-24-26-28-30-32-34-36-39-41-47(50)53-44-46(55-49(52)43-38-9-6-3)45-54-48(51)42-40-37-35-33-31-29-27-25-23-21-19-17-15-13-11-8-5-2/h7-8,10-11,14-17,20-23,26-29,32-35,46H,4-6,9,12-13,18-19,24-25,30-31,36-45H2,1-3H3/b10-7-,11-8-,16-14-,17-15-,22-20-,23-21-,28-26-,29-27-,34-32-,35-33-. The van der Waals surface area contributed by atoms with E-state index in [-0.39, 0.29) is 50.4 Å². The van der Waals surface area contributed by atoms with Gasteiger partial charge in [-0.25, -0.2) is 0 Å².